The SMILES string of the molecule is CCOCCOC1CCN(C(=O)[C@@H](N)C(C)CC)CC1. The summed E-state index contributed by atoms with van der Waals surface area (Å²) in [6.45, 7) is 9.59. The first-order chi connectivity index (χ1) is 9.60. The second-order valence-electron chi connectivity index (χ2n) is 5.50. The van der Waals surface area contributed by atoms with Gasteiger partial charge in [0.05, 0.1) is 25.4 Å². The van der Waals surface area contributed by atoms with Crippen molar-refractivity contribution in [3.05, 3.63) is 0 Å². The Labute approximate surface area is 122 Å². The van der Waals surface area contributed by atoms with Crippen LogP contribution in [0.3, 0.4) is 0 Å². The van der Waals surface area contributed by atoms with Crippen LogP contribution in [0.1, 0.15) is 40.0 Å². The van der Waals surface area contributed by atoms with E-state index in [-0.39, 0.29) is 24.0 Å². The Morgan fingerprint density at radius 3 is 2.50 bits per heavy atom. The van der Waals surface area contributed by atoms with Gasteiger partial charge in [0.15, 0.2) is 0 Å². The lowest BCUT2D eigenvalue weighted by Gasteiger charge is -2.34. The summed E-state index contributed by atoms with van der Waals surface area (Å²) in [4.78, 5) is 14.1. The number of hydrogen-bond donors (Lipinski definition) is 1. The van der Waals surface area contributed by atoms with Gasteiger partial charge in [-0.3, -0.25) is 4.79 Å². The lowest BCUT2D eigenvalue weighted by molar-refractivity contribution is -0.136. The van der Waals surface area contributed by atoms with Crippen LogP contribution in [0, 0.1) is 5.92 Å². The van der Waals surface area contributed by atoms with Crippen molar-refractivity contribution >= 4 is 5.91 Å². The lowest BCUT2D eigenvalue weighted by Crippen LogP contribution is -2.50. The minimum absolute atomic E-state index is 0.0899. The number of rotatable bonds is 8. The second-order valence-corrected chi connectivity index (χ2v) is 5.50. The van der Waals surface area contributed by atoms with Crippen LogP contribution in [0.5, 0.6) is 0 Å². The highest BCUT2D eigenvalue weighted by molar-refractivity contribution is 5.82. The molecule has 0 bridgehead atoms. The molecule has 1 aliphatic heterocycles. The van der Waals surface area contributed by atoms with E-state index in [2.05, 4.69) is 6.92 Å². The van der Waals surface area contributed by atoms with Gasteiger partial charge in [-0.15, -0.1) is 0 Å². The van der Waals surface area contributed by atoms with Crippen molar-refractivity contribution in [1.82, 2.24) is 4.90 Å². The monoisotopic (exact) mass is 286 g/mol. The van der Waals surface area contributed by atoms with E-state index >= 15 is 0 Å². The van der Waals surface area contributed by atoms with Gasteiger partial charge in [0.1, 0.15) is 0 Å². The zero-order chi connectivity index (χ0) is 15.0. The molecule has 1 amide bonds. The Morgan fingerprint density at radius 1 is 1.30 bits per heavy atom. The van der Waals surface area contributed by atoms with Crippen molar-refractivity contribution in [1.29, 1.82) is 0 Å². The van der Waals surface area contributed by atoms with Crippen molar-refractivity contribution in [3.63, 3.8) is 0 Å². The fraction of sp³-hybridized carbons (Fsp3) is 0.933. The third-order valence-electron chi connectivity index (χ3n) is 4.08. The molecule has 0 saturated carbocycles. The molecule has 5 heteroatoms. The highest BCUT2D eigenvalue weighted by Crippen LogP contribution is 2.16. The fourth-order valence-corrected chi connectivity index (χ4v) is 2.37. The summed E-state index contributed by atoms with van der Waals surface area (Å²) in [7, 11) is 0. The minimum atomic E-state index is -0.365. The predicted octanol–water partition coefficient (Wildman–Crippen LogP) is 1.40. The van der Waals surface area contributed by atoms with Crippen LogP contribution >= 0.6 is 0 Å². The number of carbonyl (C=O) groups excluding carboxylic acids is 1. The highest BCUT2D eigenvalue weighted by Gasteiger charge is 2.28. The van der Waals surface area contributed by atoms with Gasteiger partial charge < -0.3 is 20.1 Å². The van der Waals surface area contributed by atoms with Crippen molar-refractivity contribution in [2.45, 2.75) is 52.2 Å². The van der Waals surface area contributed by atoms with E-state index < -0.39 is 0 Å². The standard InChI is InChI=1S/C15H30N2O3/c1-4-12(3)14(16)15(18)17-8-6-13(7-9-17)20-11-10-19-5-2/h12-14H,4-11,16H2,1-3H3/t12?,14-/m0/s1. The molecule has 1 saturated heterocycles. The van der Waals surface area contributed by atoms with E-state index in [9.17, 15) is 4.79 Å². The lowest BCUT2D eigenvalue weighted by atomic mass is 9.97. The molecule has 118 valence electrons. The maximum absolute atomic E-state index is 12.2. The summed E-state index contributed by atoms with van der Waals surface area (Å²) < 4.78 is 11.0. The number of piperidine rings is 1. The first-order valence-corrected chi connectivity index (χ1v) is 7.83. The Balaban J connectivity index is 2.26. The smallest absolute Gasteiger partial charge is 0.239 e. The Morgan fingerprint density at radius 2 is 1.95 bits per heavy atom. The zero-order valence-electron chi connectivity index (χ0n) is 13.1. The molecule has 5 nitrogen and oxygen atoms in total. The average Bonchev–Trinajstić information content (AvgIpc) is 2.50. The summed E-state index contributed by atoms with van der Waals surface area (Å²) in [5.74, 6) is 0.329. The molecule has 0 radical (unpaired) electrons. The van der Waals surface area contributed by atoms with E-state index in [1.165, 1.54) is 0 Å². The van der Waals surface area contributed by atoms with Gasteiger partial charge in [-0.2, -0.15) is 0 Å². The molecule has 0 aromatic rings. The number of nitrogens with two attached hydrogens (primary N) is 1. The van der Waals surface area contributed by atoms with Gasteiger partial charge in [-0.25, -0.2) is 0 Å². The number of amides is 1. The topological polar surface area (TPSA) is 64.8 Å². The number of ether oxygens (including phenoxy) is 2. The molecular weight excluding hydrogens is 256 g/mol. The Hall–Kier alpha value is -0.650. The van der Waals surface area contributed by atoms with Crippen LogP contribution in [0.4, 0.5) is 0 Å². The van der Waals surface area contributed by atoms with Crippen LogP contribution in [-0.2, 0) is 14.3 Å². The molecule has 1 heterocycles. The van der Waals surface area contributed by atoms with Gasteiger partial charge in [0.25, 0.3) is 0 Å². The molecule has 0 aromatic heterocycles. The average molecular weight is 286 g/mol. The van der Waals surface area contributed by atoms with E-state index in [4.69, 9.17) is 15.2 Å². The molecular formula is C15H30N2O3. The first-order valence-electron chi connectivity index (χ1n) is 7.83. The van der Waals surface area contributed by atoms with E-state index in [0.29, 0.717) is 13.2 Å². The number of likely N-dealkylation sites (tertiary alicyclic amines) is 1. The highest BCUT2D eigenvalue weighted by atomic mass is 16.5. The molecule has 0 aromatic carbocycles. The summed E-state index contributed by atoms with van der Waals surface area (Å²) in [6, 6.07) is -0.365. The van der Waals surface area contributed by atoms with Crippen molar-refractivity contribution < 1.29 is 14.3 Å². The van der Waals surface area contributed by atoms with Gasteiger partial charge >= 0.3 is 0 Å². The summed E-state index contributed by atoms with van der Waals surface area (Å²) in [5.41, 5.74) is 6.01. The minimum Gasteiger partial charge on any atom is -0.379 e. The van der Waals surface area contributed by atoms with Gasteiger partial charge in [-0.1, -0.05) is 20.3 Å². The van der Waals surface area contributed by atoms with Crippen molar-refractivity contribution in [3.8, 4) is 0 Å². The third kappa shape index (κ3) is 5.38. The van der Waals surface area contributed by atoms with Crippen LogP contribution in [0.15, 0.2) is 0 Å². The maximum Gasteiger partial charge on any atom is 0.239 e. The molecule has 2 N–H and O–H groups in total. The Bertz CT molecular complexity index is 278. The van der Waals surface area contributed by atoms with Gasteiger partial charge in [0.2, 0.25) is 5.91 Å². The number of nitrogens with zero attached hydrogens (tertiary/aromatic N) is 1. The van der Waals surface area contributed by atoms with Crippen molar-refractivity contribution in [2.75, 3.05) is 32.9 Å². The predicted molar refractivity (Wildman–Crippen MR) is 79.5 cm³/mol. The van der Waals surface area contributed by atoms with Crippen LogP contribution < -0.4 is 5.73 Å². The van der Waals surface area contributed by atoms with E-state index in [0.717, 1.165) is 39.0 Å². The molecule has 1 fully saturated rings. The van der Waals surface area contributed by atoms with E-state index in [1.807, 2.05) is 18.7 Å². The van der Waals surface area contributed by atoms with Crippen LogP contribution in [-0.4, -0.2) is 55.9 Å². The normalized spacial score (nSPS) is 19.9. The van der Waals surface area contributed by atoms with Crippen LogP contribution in [0.2, 0.25) is 0 Å². The third-order valence-corrected chi connectivity index (χ3v) is 4.08. The van der Waals surface area contributed by atoms with Gasteiger partial charge in [-0.05, 0) is 25.7 Å². The van der Waals surface area contributed by atoms with Gasteiger partial charge in [0, 0.05) is 19.7 Å². The molecule has 20 heavy (non-hydrogen) atoms. The summed E-state index contributed by atoms with van der Waals surface area (Å²) in [5, 5.41) is 0. The molecule has 2 atom stereocenters. The molecule has 1 rings (SSSR count). The molecule has 1 aliphatic rings. The van der Waals surface area contributed by atoms with E-state index in [1.54, 1.807) is 0 Å². The Kier molecular flexibility index (Phi) is 8.11. The molecule has 1 unspecified atom stereocenters. The quantitative estimate of drug-likeness (QED) is 0.685. The summed E-state index contributed by atoms with van der Waals surface area (Å²) >= 11 is 0. The first kappa shape index (κ1) is 17.4. The number of hydrogen-bond acceptors (Lipinski definition) is 4. The van der Waals surface area contributed by atoms with Crippen LogP contribution in [0.25, 0.3) is 0 Å². The number of carbonyl (C=O) groups is 1. The maximum atomic E-state index is 12.2. The van der Waals surface area contributed by atoms with Crippen molar-refractivity contribution in [2.24, 2.45) is 11.7 Å². The molecule has 0 spiro atoms. The fourth-order valence-electron chi connectivity index (χ4n) is 2.37. The molecule has 0 aliphatic carbocycles. The largest absolute Gasteiger partial charge is 0.379 e. The summed E-state index contributed by atoms with van der Waals surface area (Å²) in [6.07, 6.45) is 2.97. The zero-order valence-corrected chi connectivity index (χ0v) is 13.1. The second kappa shape index (κ2) is 9.32.